The van der Waals surface area contributed by atoms with Gasteiger partial charge >= 0.3 is 6.09 Å². The van der Waals surface area contributed by atoms with E-state index in [-0.39, 0.29) is 35.5 Å². The van der Waals surface area contributed by atoms with Gasteiger partial charge in [0.25, 0.3) is 0 Å². The number of ether oxygens (including phenoxy) is 1. The first-order chi connectivity index (χ1) is 17.0. The van der Waals surface area contributed by atoms with Crippen molar-refractivity contribution in [1.82, 2.24) is 14.5 Å². The van der Waals surface area contributed by atoms with E-state index in [1.165, 1.54) is 4.31 Å². The zero-order chi connectivity index (χ0) is 25.9. The molecule has 0 radical (unpaired) electrons. The van der Waals surface area contributed by atoms with Crippen LogP contribution in [0.1, 0.15) is 51.6 Å². The molecule has 2 aliphatic rings. The van der Waals surface area contributed by atoms with Crippen LogP contribution >= 0.6 is 0 Å². The molecule has 0 aromatic heterocycles. The number of rotatable bonds is 5. The fraction of sp³-hybridized carbons (Fsp3) is 0.481. The first kappa shape index (κ1) is 26.2. The second kappa shape index (κ2) is 10.6. The number of carbonyl (C=O) groups excluding carboxylic acids is 2. The maximum absolute atomic E-state index is 13.7. The summed E-state index contributed by atoms with van der Waals surface area (Å²) in [7, 11) is -3.81. The molecular formula is C27H35N3O5S. The van der Waals surface area contributed by atoms with Crippen LogP contribution in [0, 0.1) is 5.92 Å². The van der Waals surface area contributed by atoms with Gasteiger partial charge in [-0.05, 0) is 57.7 Å². The maximum Gasteiger partial charge on any atom is 0.410 e. The summed E-state index contributed by atoms with van der Waals surface area (Å²) in [5, 5.41) is 3.05. The average Bonchev–Trinajstić information content (AvgIpc) is 3.32. The van der Waals surface area contributed by atoms with E-state index in [9.17, 15) is 18.0 Å². The maximum atomic E-state index is 13.7. The minimum absolute atomic E-state index is 0.102. The lowest BCUT2D eigenvalue weighted by atomic mass is 9.90. The van der Waals surface area contributed by atoms with Crippen molar-refractivity contribution < 1.29 is 22.7 Å². The van der Waals surface area contributed by atoms with E-state index >= 15 is 0 Å². The van der Waals surface area contributed by atoms with Crippen molar-refractivity contribution in [3.63, 3.8) is 0 Å². The molecule has 2 fully saturated rings. The second-order valence-electron chi connectivity index (χ2n) is 10.5. The number of benzene rings is 2. The molecule has 2 heterocycles. The van der Waals surface area contributed by atoms with Crippen LogP contribution in [0.4, 0.5) is 4.79 Å². The molecule has 0 bridgehead atoms. The summed E-state index contributed by atoms with van der Waals surface area (Å²) in [6, 6.07) is 17.4. The summed E-state index contributed by atoms with van der Waals surface area (Å²) < 4.78 is 34.2. The van der Waals surface area contributed by atoms with Gasteiger partial charge in [0.15, 0.2) is 0 Å². The number of nitrogens with zero attached hydrogens (tertiary/aromatic N) is 2. The highest BCUT2D eigenvalue weighted by Gasteiger charge is 2.41. The zero-order valence-electron chi connectivity index (χ0n) is 21.1. The number of piperidine rings is 1. The van der Waals surface area contributed by atoms with Crippen LogP contribution in [0.5, 0.6) is 0 Å². The summed E-state index contributed by atoms with van der Waals surface area (Å²) >= 11 is 0. The van der Waals surface area contributed by atoms with Crippen molar-refractivity contribution in [2.24, 2.45) is 5.92 Å². The second-order valence-corrected chi connectivity index (χ2v) is 12.4. The molecule has 0 saturated carbocycles. The molecule has 1 N–H and O–H groups in total. The third kappa shape index (κ3) is 6.07. The molecule has 0 aliphatic carbocycles. The summed E-state index contributed by atoms with van der Waals surface area (Å²) in [6.45, 7) is 6.45. The summed E-state index contributed by atoms with van der Waals surface area (Å²) in [5.41, 5.74) is 0.337. The van der Waals surface area contributed by atoms with Gasteiger partial charge in [-0.1, -0.05) is 48.5 Å². The molecule has 36 heavy (non-hydrogen) atoms. The Bertz CT molecular complexity index is 1160. The van der Waals surface area contributed by atoms with Crippen molar-refractivity contribution in [2.75, 3.05) is 19.6 Å². The Labute approximate surface area is 213 Å². The van der Waals surface area contributed by atoms with Gasteiger partial charge in [-0.2, -0.15) is 4.31 Å². The molecule has 194 valence electrons. The van der Waals surface area contributed by atoms with Crippen molar-refractivity contribution >= 4 is 22.0 Å². The molecule has 0 spiro atoms. The Kier molecular flexibility index (Phi) is 7.70. The van der Waals surface area contributed by atoms with Crippen LogP contribution in [0.3, 0.4) is 0 Å². The predicted octanol–water partition coefficient (Wildman–Crippen LogP) is 3.95. The van der Waals surface area contributed by atoms with Crippen LogP contribution in [0.2, 0.25) is 0 Å². The first-order valence-electron chi connectivity index (χ1n) is 12.4. The largest absolute Gasteiger partial charge is 0.444 e. The number of amides is 2. The van der Waals surface area contributed by atoms with Crippen molar-refractivity contribution in [2.45, 2.75) is 62.6 Å². The van der Waals surface area contributed by atoms with E-state index in [1.807, 2.05) is 51.1 Å². The SMILES string of the molecule is CC(C)(C)OC(=O)N1CCC(NC(=O)C2CCC(c3ccccc3)N(S(=O)(=O)c3ccccc3)C2)C1. The zero-order valence-corrected chi connectivity index (χ0v) is 21.9. The lowest BCUT2D eigenvalue weighted by Gasteiger charge is -2.38. The highest BCUT2D eigenvalue weighted by Crippen LogP contribution is 2.37. The minimum atomic E-state index is -3.81. The van der Waals surface area contributed by atoms with Crippen molar-refractivity contribution in [1.29, 1.82) is 0 Å². The normalized spacial score (nSPS) is 23.3. The third-order valence-corrected chi connectivity index (χ3v) is 8.52. The monoisotopic (exact) mass is 513 g/mol. The Morgan fingerprint density at radius 2 is 1.56 bits per heavy atom. The van der Waals surface area contributed by atoms with Gasteiger partial charge in [-0.15, -0.1) is 0 Å². The van der Waals surface area contributed by atoms with Gasteiger partial charge in [0.05, 0.1) is 16.9 Å². The van der Waals surface area contributed by atoms with Crippen LogP contribution < -0.4 is 5.32 Å². The molecule has 2 amide bonds. The van der Waals surface area contributed by atoms with Gasteiger partial charge in [-0.25, -0.2) is 13.2 Å². The van der Waals surface area contributed by atoms with E-state index < -0.39 is 21.5 Å². The summed E-state index contributed by atoms with van der Waals surface area (Å²) in [6.07, 6.45) is 1.37. The third-order valence-electron chi connectivity index (χ3n) is 6.63. The van der Waals surface area contributed by atoms with Gasteiger partial charge < -0.3 is 15.0 Å². The average molecular weight is 514 g/mol. The van der Waals surface area contributed by atoms with Crippen LogP contribution in [-0.4, -0.2) is 60.9 Å². The van der Waals surface area contributed by atoms with Crippen LogP contribution in [0.15, 0.2) is 65.6 Å². The van der Waals surface area contributed by atoms with Crippen LogP contribution in [-0.2, 0) is 19.6 Å². The van der Waals surface area contributed by atoms with Crippen molar-refractivity contribution in [3.8, 4) is 0 Å². The van der Waals surface area contributed by atoms with Crippen LogP contribution in [0.25, 0.3) is 0 Å². The Morgan fingerprint density at radius 3 is 2.19 bits per heavy atom. The summed E-state index contributed by atoms with van der Waals surface area (Å²) in [5.74, 6) is -0.648. The smallest absolute Gasteiger partial charge is 0.410 e. The Balaban J connectivity index is 1.47. The number of hydrogen-bond acceptors (Lipinski definition) is 5. The quantitative estimate of drug-likeness (QED) is 0.653. The van der Waals surface area contributed by atoms with E-state index in [2.05, 4.69) is 5.32 Å². The Morgan fingerprint density at radius 1 is 0.917 bits per heavy atom. The fourth-order valence-electron chi connectivity index (χ4n) is 4.84. The fourth-order valence-corrected chi connectivity index (χ4v) is 6.55. The number of nitrogens with one attached hydrogen (secondary N) is 1. The molecular weight excluding hydrogens is 478 g/mol. The topological polar surface area (TPSA) is 96.0 Å². The van der Waals surface area contributed by atoms with Gasteiger partial charge in [0, 0.05) is 25.7 Å². The molecule has 4 rings (SSSR count). The van der Waals surface area contributed by atoms with Crippen molar-refractivity contribution in [3.05, 3.63) is 66.2 Å². The van der Waals surface area contributed by atoms with Gasteiger partial charge in [0.2, 0.25) is 15.9 Å². The van der Waals surface area contributed by atoms with E-state index in [0.29, 0.717) is 32.4 Å². The predicted molar refractivity (Wildman–Crippen MR) is 137 cm³/mol. The first-order valence-corrected chi connectivity index (χ1v) is 13.9. The molecule has 8 nitrogen and oxygen atoms in total. The summed E-state index contributed by atoms with van der Waals surface area (Å²) in [4.78, 5) is 27.4. The number of hydrogen-bond donors (Lipinski definition) is 1. The standard InChI is InChI=1S/C27H35N3O5S/c1-27(2,3)35-26(32)29-17-16-22(19-29)28-25(31)21-14-15-24(20-10-6-4-7-11-20)30(18-21)36(33,34)23-12-8-5-9-13-23/h4-13,21-22,24H,14-19H2,1-3H3,(H,28,31). The molecule has 2 saturated heterocycles. The molecule has 2 aromatic rings. The highest BCUT2D eigenvalue weighted by atomic mass is 32.2. The van der Waals surface area contributed by atoms with Gasteiger partial charge in [0.1, 0.15) is 5.60 Å². The Hall–Kier alpha value is -2.91. The number of likely N-dealkylation sites (tertiary alicyclic amines) is 1. The van der Waals surface area contributed by atoms with E-state index in [4.69, 9.17) is 4.74 Å². The molecule has 9 heteroatoms. The number of sulfonamides is 1. The lowest BCUT2D eigenvalue weighted by molar-refractivity contribution is -0.127. The minimum Gasteiger partial charge on any atom is -0.444 e. The number of carbonyl (C=O) groups is 2. The molecule has 3 unspecified atom stereocenters. The highest BCUT2D eigenvalue weighted by molar-refractivity contribution is 7.89. The molecule has 2 aromatic carbocycles. The van der Waals surface area contributed by atoms with Gasteiger partial charge in [-0.3, -0.25) is 4.79 Å². The van der Waals surface area contributed by atoms with E-state index in [0.717, 1.165) is 5.56 Å². The molecule has 3 atom stereocenters. The molecule has 2 aliphatic heterocycles. The lowest BCUT2D eigenvalue weighted by Crippen LogP contribution is -2.49. The van der Waals surface area contributed by atoms with E-state index in [1.54, 1.807) is 35.2 Å².